The van der Waals surface area contributed by atoms with Crippen LogP contribution in [0.3, 0.4) is 0 Å². The maximum absolute atomic E-state index is 13.8. The lowest BCUT2D eigenvalue weighted by Crippen LogP contribution is -2.04. The molecule has 0 spiro atoms. The summed E-state index contributed by atoms with van der Waals surface area (Å²) in [6.07, 6.45) is 0. The highest BCUT2D eigenvalue weighted by Gasteiger charge is 2.12. The van der Waals surface area contributed by atoms with Gasteiger partial charge in [-0.05, 0) is 40.2 Å². The number of rotatable bonds is 3. The van der Waals surface area contributed by atoms with Gasteiger partial charge in [-0.15, -0.1) is 0 Å². The van der Waals surface area contributed by atoms with Gasteiger partial charge in [0.25, 0.3) is 0 Å². The molecule has 2 aromatic carbocycles. The molecular formula is C14H11BrF2N2O2. The molecule has 4 nitrogen and oxygen atoms in total. The predicted octanol–water partition coefficient (Wildman–Crippen LogP) is 3.84. The lowest BCUT2D eigenvalue weighted by Gasteiger charge is -2.12. The molecular weight excluding hydrogens is 346 g/mol. The Balaban J connectivity index is 2.39. The van der Waals surface area contributed by atoms with Gasteiger partial charge < -0.3 is 15.8 Å². The monoisotopic (exact) mass is 356 g/mol. The van der Waals surface area contributed by atoms with E-state index in [2.05, 4.69) is 26.0 Å². The number of anilines is 3. The van der Waals surface area contributed by atoms with E-state index in [0.29, 0.717) is 0 Å². The SMILES string of the molecule is COC(=O)c1ccc(N)c(Nc2cc(F)c(Br)cc2F)c1. The summed E-state index contributed by atoms with van der Waals surface area (Å²) in [7, 11) is 1.25. The molecule has 0 aliphatic heterocycles. The molecule has 0 saturated carbocycles. The summed E-state index contributed by atoms with van der Waals surface area (Å²) in [6.45, 7) is 0. The van der Waals surface area contributed by atoms with Gasteiger partial charge in [0.1, 0.15) is 11.6 Å². The zero-order chi connectivity index (χ0) is 15.6. The van der Waals surface area contributed by atoms with E-state index in [9.17, 15) is 13.6 Å². The summed E-state index contributed by atoms with van der Waals surface area (Å²) in [5.74, 6) is -1.84. The second kappa shape index (κ2) is 6.09. The molecule has 0 aliphatic rings. The van der Waals surface area contributed by atoms with Crippen molar-refractivity contribution in [3.05, 3.63) is 52.0 Å². The molecule has 2 rings (SSSR count). The van der Waals surface area contributed by atoms with Crippen molar-refractivity contribution in [1.82, 2.24) is 0 Å². The molecule has 0 saturated heterocycles. The van der Waals surface area contributed by atoms with Gasteiger partial charge in [0.05, 0.1) is 34.2 Å². The highest BCUT2D eigenvalue weighted by atomic mass is 79.9. The fraction of sp³-hybridized carbons (Fsp3) is 0.0714. The first-order valence-electron chi connectivity index (χ1n) is 5.81. The highest BCUT2D eigenvalue weighted by molar-refractivity contribution is 9.10. The fourth-order valence-electron chi connectivity index (χ4n) is 1.67. The van der Waals surface area contributed by atoms with Gasteiger partial charge in [0.2, 0.25) is 0 Å². The van der Waals surface area contributed by atoms with E-state index in [-0.39, 0.29) is 27.1 Å². The van der Waals surface area contributed by atoms with Gasteiger partial charge in [-0.25, -0.2) is 13.6 Å². The molecule has 0 atom stereocenters. The number of benzene rings is 2. The zero-order valence-corrected chi connectivity index (χ0v) is 12.5. The zero-order valence-electron chi connectivity index (χ0n) is 10.9. The first-order chi connectivity index (χ1) is 9.92. The van der Waals surface area contributed by atoms with Crippen LogP contribution in [0, 0.1) is 11.6 Å². The molecule has 0 fully saturated rings. The van der Waals surface area contributed by atoms with Crippen molar-refractivity contribution in [2.45, 2.75) is 0 Å². The van der Waals surface area contributed by atoms with E-state index in [1.54, 1.807) is 0 Å². The number of halogens is 3. The van der Waals surface area contributed by atoms with Crippen LogP contribution in [0.25, 0.3) is 0 Å². The Bertz CT molecular complexity index is 708. The molecule has 0 amide bonds. The minimum Gasteiger partial charge on any atom is -0.465 e. The Kier molecular flexibility index (Phi) is 4.42. The molecule has 0 unspecified atom stereocenters. The Labute approximate surface area is 128 Å². The molecule has 0 radical (unpaired) electrons. The number of hydrogen-bond donors (Lipinski definition) is 2. The van der Waals surface area contributed by atoms with E-state index in [1.165, 1.54) is 25.3 Å². The third kappa shape index (κ3) is 3.30. The standard InChI is InChI=1S/C14H11BrF2N2O2/c1-21-14(20)7-2-3-11(18)13(4-7)19-12-6-9(16)8(15)5-10(12)17/h2-6,19H,18H2,1H3. The number of nitrogens with one attached hydrogen (secondary N) is 1. The maximum Gasteiger partial charge on any atom is 0.337 e. The van der Waals surface area contributed by atoms with Crippen LogP contribution in [-0.2, 0) is 4.74 Å². The molecule has 0 aliphatic carbocycles. The van der Waals surface area contributed by atoms with Crippen LogP contribution in [0.2, 0.25) is 0 Å². The average molecular weight is 357 g/mol. The van der Waals surface area contributed by atoms with Gasteiger partial charge in [-0.3, -0.25) is 0 Å². The molecule has 0 aromatic heterocycles. The normalized spacial score (nSPS) is 10.3. The largest absolute Gasteiger partial charge is 0.465 e. The fourth-order valence-corrected chi connectivity index (χ4v) is 1.99. The van der Waals surface area contributed by atoms with E-state index in [0.717, 1.165) is 12.1 Å². The van der Waals surface area contributed by atoms with Gasteiger partial charge in [-0.2, -0.15) is 0 Å². The molecule has 110 valence electrons. The molecule has 3 N–H and O–H groups in total. The third-order valence-corrected chi connectivity index (χ3v) is 3.36. The second-order valence-electron chi connectivity index (χ2n) is 4.16. The van der Waals surface area contributed by atoms with Gasteiger partial charge in [-0.1, -0.05) is 0 Å². The summed E-state index contributed by atoms with van der Waals surface area (Å²) in [5.41, 5.74) is 6.47. The Morgan fingerprint density at radius 1 is 1.19 bits per heavy atom. The first-order valence-corrected chi connectivity index (χ1v) is 6.61. The van der Waals surface area contributed by atoms with Crippen molar-refractivity contribution < 1.29 is 18.3 Å². The van der Waals surface area contributed by atoms with Gasteiger partial charge in [0.15, 0.2) is 0 Å². The predicted molar refractivity (Wildman–Crippen MR) is 79.5 cm³/mol. The van der Waals surface area contributed by atoms with Crippen molar-refractivity contribution in [2.75, 3.05) is 18.2 Å². The summed E-state index contributed by atoms with van der Waals surface area (Å²) in [5, 5.41) is 2.66. The van der Waals surface area contributed by atoms with E-state index in [4.69, 9.17) is 5.73 Å². The highest BCUT2D eigenvalue weighted by Crippen LogP contribution is 2.29. The number of hydrogen-bond acceptors (Lipinski definition) is 4. The van der Waals surface area contributed by atoms with Crippen molar-refractivity contribution >= 4 is 39.0 Å². The summed E-state index contributed by atoms with van der Waals surface area (Å²) in [4.78, 5) is 11.5. The molecule has 21 heavy (non-hydrogen) atoms. The van der Waals surface area contributed by atoms with Crippen LogP contribution in [0.4, 0.5) is 25.8 Å². The van der Waals surface area contributed by atoms with Crippen LogP contribution in [-0.4, -0.2) is 13.1 Å². The first kappa shape index (κ1) is 15.2. The number of carbonyl (C=O) groups excluding carboxylic acids is 1. The average Bonchev–Trinajstić information content (AvgIpc) is 2.46. The Morgan fingerprint density at radius 3 is 2.57 bits per heavy atom. The minimum atomic E-state index is -0.661. The van der Waals surface area contributed by atoms with E-state index >= 15 is 0 Å². The minimum absolute atomic E-state index is 0.0156. The van der Waals surface area contributed by atoms with Gasteiger partial charge in [0, 0.05) is 6.07 Å². The van der Waals surface area contributed by atoms with Gasteiger partial charge >= 0.3 is 5.97 Å². The number of nitrogens with two attached hydrogens (primary N) is 1. The van der Waals surface area contributed by atoms with Crippen LogP contribution in [0.5, 0.6) is 0 Å². The number of nitrogen functional groups attached to an aromatic ring is 1. The smallest absolute Gasteiger partial charge is 0.337 e. The number of ether oxygens (including phenoxy) is 1. The number of esters is 1. The van der Waals surface area contributed by atoms with Crippen LogP contribution < -0.4 is 11.1 Å². The lowest BCUT2D eigenvalue weighted by molar-refractivity contribution is 0.0601. The number of methoxy groups -OCH3 is 1. The Hall–Kier alpha value is -2.15. The van der Waals surface area contributed by atoms with Crippen molar-refractivity contribution in [2.24, 2.45) is 0 Å². The summed E-state index contributed by atoms with van der Waals surface area (Å²) < 4.78 is 31.9. The van der Waals surface area contributed by atoms with Crippen molar-refractivity contribution in [1.29, 1.82) is 0 Å². The number of carbonyl (C=O) groups is 1. The summed E-state index contributed by atoms with van der Waals surface area (Å²) >= 11 is 2.89. The lowest BCUT2D eigenvalue weighted by atomic mass is 10.1. The quantitative estimate of drug-likeness (QED) is 0.498. The van der Waals surface area contributed by atoms with Crippen LogP contribution >= 0.6 is 15.9 Å². The third-order valence-electron chi connectivity index (χ3n) is 2.75. The van der Waals surface area contributed by atoms with Crippen LogP contribution in [0.1, 0.15) is 10.4 Å². The van der Waals surface area contributed by atoms with Crippen LogP contribution in [0.15, 0.2) is 34.8 Å². The topological polar surface area (TPSA) is 64.3 Å². The molecule has 0 heterocycles. The molecule has 2 aromatic rings. The second-order valence-corrected chi connectivity index (χ2v) is 5.02. The van der Waals surface area contributed by atoms with Crippen molar-refractivity contribution in [3.8, 4) is 0 Å². The van der Waals surface area contributed by atoms with E-state index in [1.807, 2.05) is 0 Å². The maximum atomic E-state index is 13.8. The Morgan fingerprint density at radius 2 is 1.90 bits per heavy atom. The van der Waals surface area contributed by atoms with Crippen molar-refractivity contribution in [3.63, 3.8) is 0 Å². The van der Waals surface area contributed by atoms with E-state index < -0.39 is 17.6 Å². The molecule has 0 bridgehead atoms. The molecule has 7 heteroatoms. The summed E-state index contributed by atoms with van der Waals surface area (Å²) in [6, 6.07) is 6.34.